The van der Waals surface area contributed by atoms with Crippen LogP contribution in [0.15, 0.2) is 18.5 Å². The Morgan fingerprint density at radius 1 is 1.16 bits per heavy atom. The third kappa shape index (κ3) is 3.03. The van der Waals surface area contributed by atoms with Crippen LogP contribution in [-0.2, 0) is 0 Å². The number of H-pyrrole nitrogens is 1. The van der Waals surface area contributed by atoms with Crippen LogP contribution in [0.5, 0.6) is 0 Å². The molecule has 0 saturated heterocycles. The van der Waals surface area contributed by atoms with Crippen molar-refractivity contribution in [2.24, 2.45) is 0 Å². The van der Waals surface area contributed by atoms with Crippen molar-refractivity contribution in [1.29, 1.82) is 0 Å². The standard InChI is InChI=1S/C15H20ClN3/c16-14-10-18-15-13(14)8-12(9-17-15)19-11-6-4-2-1-3-5-7-11/h8-11,19H,1-7H2,(H,17,18). The Kier molecular flexibility index (Phi) is 3.92. The first-order valence-electron chi connectivity index (χ1n) is 7.22. The van der Waals surface area contributed by atoms with Gasteiger partial charge in [0.25, 0.3) is 0 Å². The first-order valence-corrected chi connectivity index (χ1v) is 7.60. The van der Waals surface area contributed by atoms with Crippen molar-refractivity contribution in [2.75, 3.05) is 5.32 Å². The maximum Gasteiger partial charge on any atom is 0.138 e. The maximum atomic E-state index is 6.14. The molecule has 1 aliphatic rings. The topological polar surface area (TPSA) is 40.7 Å². The minimum absolute atomic E-state index is 0.581. The van der Waals surface area contributed by atoms with Crippen LogP contribution in [0.4, 0.5) is 5.69 Å². The Morgan fingerprint density at radius 2 is 1.89 bits per heavy atom. The highest BCUT2D eigenvalue weighted by Crippen LogP contribution is 2.26. The zero-order valence-corrected chi connectivity index (χ0v) is 11.8. The van der Waals surface area contributed by atoms with Crippen LogP contribution >= 0.6 is 11.6 Å². The van der Waals surface area contributed by atoms with Gasteiger partial charge < -0.3 is 10.3 Å². The van der Waals surface area contributed by atoms with Crippen molar-refractivity contribution >= 4 is 28.3 Å². The number of hydrogen-bond acceptors (Lipinski definition) is 2. The van der Waals surface area contributed by atoms with Crippen LogP contribution in [0.3, 0.4) is 0 Å². The van der Waals surface area contributed by atoms with Gasteiger partial charge in [-0.2, -0.15) is 0 Å². The molecule has 1 fully saturated rings. The van der Waals surface area contributed by atoms with E-state index in [4.69, 9.17) is 11.6 Å². The average Bonchev–Trinajstić information content (AvgIpc) is 2.74. The van der Waals surface area contributed by atoms with E-state index in [1.807, 2.05) is 6.20 Å². The Labute approximate surface area is 118 Å². The number of nitrogens with one attached hydrogen (secondary N) is 2. The third-order valence-electron chi connectivity index (χ3n) is 3.96. The Balaban J connectivity index is 1.74. The van der Waals surface area contributed by atoms with Gasteiger partial charge in [0.1, 0.15) is 5.65 Å². The van der Waals surface area contributed by atoms with Gasteiger partial charge in [0, 0.05) is 17.6 Å². The largest absolute Gasteiger partial charge is 0.381 e. The molecule has 3 rings (SSSR count). The quantitative estimate of drug-likeness (QED) is 0.832. The van der Waals surface area contributed by atoms with Crippen LogP contribution in [0.1, 0.15) is 44.9 Å². The van der Waals surface area contributed by atoms with Crippen LogP contribution in [0.25, 0.3) is 11.0 Å². The van der Waals surface area contributed by atoms with Crippen molar-refractivity contribution in [3.63, 3.8) is 0 Å². The number of halogens is 1. The van der Waals surface area contributed by atoms with Crippen molar-refractivity contribution in [3.05, 3.63) is 23.5 Å². The Hall–Kier alpha value is -1.22. The van der Waals surface area contributed by atoms with E-state index in [9.17, 15) is 0 Å². The van der Waals surface area contributed by atoms with Gasteiger partial charge in [-0.25, -0.2) is 4.98 Å². The Bertz CT molecular complexity index is 541. The normalized spacial score (nSPS) is 18.2. The number of anilines is 1. The van der Waals surface area contributed by atoms with E-state index in [2.05, 4.69) is 21.4 Å². The van der Waals surface area contributed by atoms with E-state index in [1.54, 1.807) is 6.20 Å². The molecular weight excluding hydrogens is 258 g/mol. The summed E-state index contributed by atoms with van der Waals surface area (Å²) in [4.78, 5) is 7.47. The molecule has 0 atom stereocenters. The molecule has 0 aromatic carbocycles. The van der Waals surface area contributed by atoms with Crippen LogP contribution in [-0.4, -0.2) is 16.0 Å². The summed E-state index contributed by atoms with van der Waals surface area (Å²) in [6.07, 6.45) is 13.0. The number of aromatic amines is 1. The molecule has 0 amide bonds. The molecule has 0 bridgehead atoms. The zero-order valence-electron chi connectivity index (χ0n) is 11.1. The van der Waals surface area contributed by atoms with Gasteiger partial charge in [-0.1, -0.05) is 43.7 Å². The average molecular weight is 278 g/mol. The molecule has 0 unspecified atom stereocenters. The lowest BCUT2D eigenvalue weighted by Crippen LogP contribution is -2.20. The van der Waals surface area contributed by atoms with E-state index in [0.717, 1.165) is 21.7 Å². The third-order valence-corrected chi connectivity index (χ3v) is 4.27. The molecule has 4 heteroatoms. The van der Waals surface area contributed by atoms with E-state index in [0.29, 0.717) is 6.04 Å². The SMILES string of the molecule is Clc1c[nH]c2ncc(NC3CCCCCCC3)cc12. The molecule has 1 saturated carbocycles. The molecule has 3 nitrogen and oxygen atoms in total. The van der Waals surface area contributed by atoms with Gasteiger partial charge >= 0.3 is 0 Å². The van der Waals surface area contributed by atoms with Gasteiger partial charge in [-0.3, -0.25) is 0 Å². The molecule has 2 N–H and O–H groups in total. The van der Waals surface area contributed by atoms with Crippen LogP contribution in [0, 0.1) is 0 Å². The molecule has 2 aromatic heterocycles. The lowest BCUT2D eigenvalue weighted by molar-refractivity contribution is 0.471. The lowest BCUT2D eigenvalue weighted by Gasteiger charge is -2.22. The second-order valence-corrected chi connectivity index (χ2v) is 5.85. The zero-order chi connectivity index (χ0) is 13.1. The van der Waals surface area contributed by atoms with Gasteiger partial charge in [0.2, 0.25) is 0 Å². The van der Waals surface area contributed by atoms with Gasteiger partial charge in [-0.15, -0.1) is 0 Å². The first-order chi connectivity index (χ1) is 9.33. The van der Waals surface area contributed by atoms with Crippen molar-refractivity contribution in [3.8, 4) is 0 Å². The maximum absolute atomic E-state index is 6.14. The van der Waals surface area contributed by atoms with E-state index in [-0.39, 0.29) is 0 Å². The minimum atomic E-state index is 0.581. The van der Waals surface area contributed by atoms with E-state index < -0.39 is 0 Å². The smallest absolute Gasteiger partial charge is 0.138 e. The second kappa shape index (κ2) is 5.83. The lowest BCUT2D eigenvalue weighted by atomic mass is 9.96. The second-order valence-electron chi connectivity index (χ2n) is 5.44. The molecule has 19 heavy (non-hydrogen) atoms. The van der Waals surface area contributed by atoms with Crippen molar-refractivity contribution in [1.82, 2.24) is 9.97 Å². The summed E-state index contributed by atoms with van der Waals surface area (Å²) in [6.45, 7) is 0. The summed E-state index contributed by atoms with van der Waals surface area (Å²) in [6, 6.07) is 2.68. The molecule has 0 spiro atoms. The summed E-state index contributed by atoms with van der Waals surface area (Å²) in [5.41, 5.74) is 1.94. The minimum Gasteiger partial charge on any atom is -0.381 e. The molecule has 2 aromatic rings. The highest BCUT2D eigenvalue weighted by atomic mass is 35.5. The van der Waals surface area contributed by atoms with Crippen molar-refractivity contribution in [2.45, 2.75) is 51.0 Å². The molecule has 2 heterocycles. The monoisotopic (exact) mass is 277 g/mol. The summed E-state index contributed by atoms with van der Waals surface area (Å²) in [5.74, 6) is 0. The highest BCUT2D eigenvalue weighted by molar-refractivity contribution is 6.35. The van der Waals surface area contributed by atoms with Gasteiger partial charge in [0.05, 0.1) is 16.9 Å². The number of rotatable bonds is 2. The summed E-state index contributed by atoms with van der Waals surface area (Å²) < 4.78 is 0. The molecular formula is C15H20ClN3. The number of fused-ring (bicyclic) bond motifs is 1. The summed E-state index contributed by atoms with van der Waals surface area (Å²) in [7, 11) is 0. The molecule has 0 aliphatic heterocycles. The number of nitrogens with zero attached hydrogens (tertiary/aromatic N) is 1. The number of aromatic nitrogens is 2. The van der Waals surface area contributed by atoms with E-state index in [1.165, 1.54) is 44.9 Å². The summed E-state index contributed by atoms with van der Waals surface area (Å²) in [5, 5.41) is 5.36. The van der Waals surface area contributed by atoms with Crippen LogP contribution in [0.2, 0.25) is 5.02 Å². The predicted octanol–water partition coefficient (Wildman–Crippen LogP) is 4.74. The fraction of sp³-hybridized carbons (Fsp3) is 0.533. The fourth-order valence-corrected chi connectivity index (χ4v) is 3.09. The number of hydrogen-bond donors (Lipinski definition) is 2. The van der Waals surface area contributed by atoms with Crippen molar-refractivity contribution < 1.29 is 0 Å². The van der Waals surface area contributed by atoms with Crippen LogP contribution < -0.4 is 5.32 Å². The molecule has 1 aliphatic carbocycles. The van der Waals surface area contributed by atoms with E-state index >= 15 is 0 Å². The molecule has 102 valence electrons. The van der Waals surface area contributed by atoms with Gasteiger partial charge in [-0.05, 0) is 18.9 Å². The fourth-order valence-electron chi connectivity index (χ4n) is 2.89. The summed E-state index contributed by atoms with van der Waals surface area (Å²) >= 11 is 6.14. The number of pyridine rings is 1. The van der Waals surface area contributed by atoms with Gasteiger partial charge in [0.15, 0.2) is 0 Å². The highest BCUT2D eigenvalue weighted by Gasteiger charge is 2.12. The predicted molar refractivity (Wildman–Crippen MR) is 80.8 cm³/mol. The Morgan fingerprint density at radius 3 is 2.68 bits per heavy atom. The molecule has 0 radical (unpaired) electrons. The first kappa shape index (κ1) is 12.8.